The number of anilines is 1. The molecule has 0 radical (unpaired) electrons. The van der Waals surface area contributed by atoms with E-state index >= 15 is 0 Å². The molecule has 0 saturated heterocycles. The monoisotopic (exact) mass is 453 g/mol. The van der Waals surface area contributed by atoms with Crippen molar-refractivity contribution in [2.24, 2.45) is 0 Å². The van der Waals surface area contributed by atoms with Gasteiger partial charge in [0, 0.05) is 42.6 Å². The number of halogens is 3. The maximum absolute atomic E-state index is 13.0. The molecule has 0 aliphatic rings. The molecule has 0 fully saturated rings. The van der Waals surface area contributed by atoms with Crippen LogP contribution in [0.3, 0.4) is 0 Å². The van der Waals surface area contributed by atoms with E-state index in [9.17, 15) is 18.0 Å². The minimum atomic E-state index is -4.42. The zero-order chi connectivity index (χ0) is 23.8. The number of hydrogen-bond acceptors (Lipinski definition) is 4. The Hall–Kier alpha value is -3.75. The van der Waals surface area contributed by atoms with Crippen LogP contribution in [0.1, 0.15) is 35.0 Å². The summed E-state index contributed by atoms with van der Waals surface area (Å²) in [4.78, 5) is 23.3. The second-order valence-corrected chi connectivity index (χ2v) is 7.77. The molecule has 0 atom stereocenters. The molecule has 0 aliphatic heterocycles. The molecule has 0 bridgehead atoms. The van der Waals surface area contributed by atoms with Crippen molar-refractivity contribution in [3.05, 3.63) is 71.7 Å². The Morgan fingerprint density at radius 1 is 1.12 bits per heavy atom. The van der Waals surface area contributed by atoms with Gasteiger partial charge in [-0.1, -0.05) is 6.92 Å². The number of nitrogens with zero attached hydrogens (tertiary/aromatic N) is 5. The molecule has 2 heterocycles. The standard InChI is InChI=1S/C24H22F3N5O/c1-4-11-32-21(9-10-29-32)23(33)31(3)20-8-5-16(12-15(20)2)22-28-14-17-13-18(24(25,26)27)6-7-19(17)30-22/h5-10,12-14H,4,11H2,1-3H3. The highest BCUT2D eigenvalue weighted by molar-refractivity contribution is 6.05. The van der Waals surface area contributed by atoms with Crippen molar-refractivity contribution in [2.45, 2.75) is 33.0 Å². The predicted octanol–water partition coefficient (Wildman–Crippen LogP) is 5.51. The normalized spacial score (nSPS) is 11.7. The average Bonchev–Trinajstić information content (AvgIpc) is 3.25. The summed E-state index contributed by atoms with van der Waals surface area (Å²) in [6, 6.07) is 10.5. The fraction of sp³-hybridized carbons (Fsp3) is 0.250. The van der Waals surface area contributed by atoms with Crippen molar-refractivity contribution >= 4 is 22.5 Å². The number of carbonyl (C=O) groups excluding carboxylic acids is 1. The first kappa shape index (κ1) is 22.4. The first-order valence-corrected chi connectivity index (χ1v) is 10.4. The van der Waals surface area contributed by atoms with Gasteiger partial charge < -0.3 is 4.90 Å². The number of fused-ring (bicyclic) bond motifs is 1. The molecular weight excluding hydrogens is 431 g/mol. The summed E-state index contributed by atoms with van der Waals surface area (Å²) in [5.41, 5.74) is 2.46. The Labute approximate surface area is 188 Å². The largest absolute Gasteiger partial charge is 0.416 e. The van der Waals surface area contributed by atoms with E-state index in [1.54, 1.807) is 35.0 Å². The first-order chi connectivity index (χ1) is 15.7. The molecule has 0 aliphatic carbocycles. The first-order valence-electron chi connectivity index (χ1n) is 10.4. The molecular formula is C24H22F3N5O. The van der Waals surface area contributed by atoms with E-state index in [4.69, 9.17) is 0 Å². The van der Waals surface area contributed by atoms with E-state index in [2.05, 4.69) is 15.1 Å². The second kappa shape index (κ2) is 8.65. The number of aryl methyl sites for hydroxylation is 2. The van der Waals surface area contributed by atoms with Gasteiger partial charge in [-0.2, -0.15) is 18.3 Å². The highest BCUT2D eigenvalue weighted by atomic mass is 19.4. The molecule has 9 heteroatoms. The molecule has 4 rings (SSSR count). The molecule has 0 unspecified atom stereocenters. The van der Waals surface area contributed by atoms with Crippen molar-refractivity contribution < 1.29 is 18.0 Å². The number of benzene rings is 2. The smallest absolute Gasteiger partial charge is 0.310 e. The van der Waals surface area contributed by atoms with Crippen LogP contribution in [0, 0.1) is 6.92 Å². The van der Waals surface area contributed by atoms with Crippen molar-refractivity contribution in [2.75, 3.05) is 11.9 Å². The van der Waals surface area contributed by atoms with E-state index in [1.807, 2.05) is 26.0 Å². The maximum atomic E-state index is 13.0. The Kier molecular flexibility index (Phi) is 5.88. The minimum Gasteiger partial charge on any atom is -0.310 e. The van der Waals surface area contributed by atoms with Gasteiger partial charge in [0.15, 0.2) is 5.82 Å². The van der Waals surface area contributed by atoms with Gasteiger partial charge >= 0.3 is 6.18 Å². The zero-order valence-electron chi connectivity index (χ0n) is 18.4. The van der Waals surface area contributed by atoms with E-state index in [0.29, 0.717) is 34.5 Å². The number of alkyl halides is 3. The van der Waals surface area contributed by atoms with Crippen molar-refractivity contribution in [1.82, 2.24) is 19.7 Å². The fourth-order valence-electron chi connectivity index (χ4n) is 3.71. The summed E-state index contributed by atoms with van der Waals surface area (Å²) in [5.74, 6) is 0.228. The summed E-state index contributed by atoms with van der Waals surface area (Å²) >= 11 is 0. The lowest BCUT2D eigenvalue weighted by molar-refractivity contribution is -0.137. The van der Waals surface area contributed by atoms with Gasteiger partial charge in [-0.15, -0.1) is 0 Å². The third-order valence-electron chi connectivity index (χ3n) is 5.40. The number of aromatic nitrogens is 4. The molecule has 4 aromatic rings. The number of rotatable bonds is 5. The van der Waals surface area contributed by atoms with E-state index in [0.717, 1.165) is 29.8 Å². The molecule has 33 heavy (non-hydrogen) atoms. The lowest BCUT2D eigenvalue weighted by atomic mass is 10.1. The van der Waals surface area contributed by atoms with E-state index in [1.165, 1.54) is 12.3 Å². The van der Waals surface area contributed by atoms with Crippen LogP contribution in [0.2, 0.25) is 0 Å². The van der Waals surface area contributed by atoms with Crippen LogP contribution in [-0.4, -0.2) is 32.7 Å². The van der Waals surface area contributed by atoms with Gasteiger partial charge in [0.25, 0.3) is 5.91 Å². The molecule has 0 spiro atoms. The topological polar surface area (TPSA) is 63.9 Å². The highest BCUT2D eigenvalue weighted by Crippen LogP contribution is 2.32. The van der Waals surface area contributed by atoms with Crippen molar-refractivity contribution in [3.8, 4) is 11.4 Å². The summed E-state index contributed by atoms with van der Waals surface area (Å²) < 4.78 is 40.5. The fourth-order valence-corrected chi connectivity index (χ4v) is 3.71. The molecule has 0 N–H and O–H groups in total. The Morgan fingerprint density at radius 3 is 2.61 bits per heavy atom. The number of carbonyl (C=O) groups is 1. The van der Waals surface area contributed by atoms with E-state index < -0.39 is 11.7 Å². The number of hydrogen-bond donors (Lipinski definition) is 0. The Morgan fingerprint density at radius 2 is 1.91 bits per heavy atom. The summed E-state index contributed by atoms with van der Waals surface area (Å²) in [7, 11) is 1.71. The Bertz CT molecular complexity index is 1330. The van der Waals surface area contributed by atoms with Crippen LogP contribution in [-0.2, 0) is 12.7 Å². The van der Waals surface area contributed by atoms with Gasteiger partial charge in [-0.25, -0.2) is 9.97 Å². The van der Waals surface area contributed by atoms with Crippen LogP contribution < -0.4 is 4.90 Å². The predicted molar refractivity (Wildman–Crippen MR) is 120 cm³/mol. The highest BCUT2D eigenvalue weighted by Gasteiger charge is 2.30. The van der Waals surface area contributed by atoms with E-state index in [-0.39, 0.29) is 5.91 Å². The Balaban J connectivity index is 1.62. The SMILES string of the molecule is CCCn1nccc1C(=O)N(C)c1ccc(-c2ncc3cc(C(F)(F)F)ccc3n2)cc1C. The van der Waals surface area contributed by atoms with Crippen molar-refractivity contribution in [1.29, 1.82) is 0 Å². The van der Waals surface area contributed by atoms with Crippen molar-refractivity contribution in [3.63, 3.8) is 0 Å². The third-order valence-corrected chi connectivity index (χ3v) is 5.40. The summed E-state index contributed by atoms with van der Waals surface area (Å²) in [5, 5.41) is 4.53. The van der Waals surface area contributed by atoms with Crippen LogP contribution in [0.5, 0.6) is 0 Å². The average molecular weight is 453 g/mol. The van der Waals surface area contributed by atoms with Gasteiger partial charge in [-0.05, 0) is 61.4 Å². The summed E-state index contributed by atoms with van der Waals surface area (Å²) in [6.07, 6.45) is -0.553. The molecule has 0 saturated carbocycles. The molecule has 170 valence electrons. The van der Waals surface area contributed by atoms with Gasteiger partial charge in [0.1, 0.15) is 5.69 Å². The molecule has 2 aromatic heterocycles. The molecule has 1 amide bonds. The second-order valence-electron chi connectivity index (χ2n) is 7.77. The van der Waals surface area contributed by atoms with Gasteiger partial charge in [0.2, 0.25) is 0 Å². The van der Waals surface area contributed by atoms with Crippen LogP contribution >= 0.6 is 0 Å². The van der Waals surface area contributed by atoms with Crippen LogP contribution in [0.15, 0.2) is 54.9 Å². The third kappa shape index (κ3) is 4.44. The van der Waals surface area contributed by atoms with Gasteiger partial charge in [0.05, 0.1) is 11.1 Å². The van der Waals surface area contributed by atoms with Gasteiger partial charge in [-0.3, -0.25) is 9.48 Å². The maximum Gasteiger partial charge on any atom is 0.416 e. The quantitative estimate of drug-likeness (QED) is 0.400. The molecule has 6 nitrogen and oxygen atoms in total. The summed E-state index contributed by atoms with van der Waals surface area (Å²) in [6.45, 7) is 4.55. The lowest BCUT2D eigenvalue weighted by Crippen LogP contribution is -2.29. The lowest BCUT2D eigenvalue weighted by Gasteiger charge is -2.20. The minimum absolute atomic E-state index is 0.167. The number of amides is 1. The van der Waals surface area contributed by atoms with Crippen LogP contribution in [0.4, 0.5) is 18.9 Å². The van der Waals surface area contributed by atoms with Crippen LogP contribution in [0.25, 0.3) is 22.3 Å². The molecule has 2 aromatic carbocycles. The zero-order valence-corrected chi connectivity index (χ0v) is 18.4.